The van der Waals surface area contributed by atoms with Gasteiger partial charge in [-0.15, -0.1) is 13.2 Å². The Morgan fingerprint density at radius 3 is 2.44 bits per heavy atom. The molecule has 36 heavy (non-hydrogen) atoms. The molecule has 3 aromatic rings. The van der Waals surface area contributed by atoms with Crippen molar-refractivity contribution in [1.82, 2.24) is 9.55 Å². The second kappa shape index (κ2) is 10.3. The monoisotopic (exact) mass is 519 g/mol. The van der Waals surface area contributed by atoms with Crippen molar-refractivity contribution in [2.24, 2.45) is 7.05 Å². The quantitative estimate of drug-likeness (QED) is 0.414. The van der Waals surface area contributed by atoms with E-state index in [-0.39, 0.29) is 28.1 Å². The van der Waals surface area contributed by atoms with E-state index in [0.717, 1.165) is 31.5 Å². The molecule has 0 spiro atoms. The first kappa shape index (κ1) is 25.6. The molecular weight excluding hydrogens is 495 g/mol. The molecule has 0 aliphatic carbocycles. The van der Waals surface area contributed by atoms with Gasteiger partial charge in [0.2, 0.25) is 0 Å². The average molecular weight is 520 g/mol. The molecule has 190 valence electrons. The second-order valence-electron chi connectivity index (χ2n) is 8.65. The number of aryl methyl sites for hydroxylation is 1. The third kappa shape index (κ3) is 5.21. The van der Waals surface area contributed by atoms with Crippen molar-refractivity contribution in [2.75, 3.05) is 29.4 Å². The summed E-state index contributed by atoms with van der Waals surface area (Å²) in [7, 11) is 1.60. The largest absolute Gasteiger partial charge is 0.573 e. The molecule has 0 bridgehead atoms. The predicted molar refractivity (Wildman–Crippen MR) is 133 cm³/mol. The molecule has 0 saturated carbocycles. The fourth-order valence-electron chi connectivity index (χ4n) is 4.78. The summed E-state index contributed by atoms with van der Waals surface area (Å²) in [5.74, 6) is -0.259. The van der Waals surface area contributed by atoms with Crippen LogP contribution in [0.1, 0.15) is 31.7 Å². The summed E-state index contributed by atoms with van der Waals surface area (Å²) in [4.78, 5) is 21.5. The zero-order valence-electron chi connectivity index (χ0n) is 19.8. The SMILES string of the molecule is CCCN(c1ccc(OC(F)(F)F)cc1)C1CCN(c2c(C#N)c(=O)n(C)c3ccc(Cl)nc23)CC1. The van der Waals surface area contributed by atoms with Crippen molar-refractivity contribution in [3.05, 3.63) is 57.5 Å². The van der Waals surface area contributed by atoms with Crippen LogP contribution < -0.4 is 20.1 Å². The molecule has 0 N–H and O–H groups in total. The summed E-state index contributed by atoms with van der Waals surface area (Å²) in [6.45, 7) is 3.93. The molecule has 0 radical (unpaired) electrons. The van der Waals surface area contributed by atoms with Gasteiger partial charge in [0.1, 0.15) is 28.1 Å². The molecule has 1 aromatic carbocycles. The topological polar surface area (TPSA) is 74.4 Å². The number of aromatic nitrogens is 2. The van der Waals surface area contributed by atoms with Crippen molar-refractivity contribution >= 4 is 34.0 Å². The number of alkyl halides is 3. The van der Waals surface area contributed by atoms with Crippen LogP contribution >= 0.6 is 11.6 Å². The molecule has 1 saturated heterocycles. The molecule has 0 atom stereocenters. The number of pyridine rings is 2. The molecule has 2 aromatic heterocycles. The molecule has 1 aliphatic heterocycles. The number of halogens is 4. The third-order valence-corrected chi connectivity index (χ3v) is 6.59. The fourth-order valence-corrected chi connectivity index (χ4v) is 4.93. The lowest BCUT2D eigenvalue weighted by Crippen LogP contribution is -2.46. The van der Waals surface area contributed by atoms with E-state index in [1.165, 1.54) is 16.7 Å². The van der Waals surface area contributed by atoms with Crippen LogP contribution in [0.4, 0.5) is 24.5 Å². The van der Waals surface area contributed by atoms with E-state index >= 15 is 0 Å². The maximum Gasteiger partial charge on any atom is 0.573 e. The van der Waals surface area contributed by atoms with Crippen LogP contribution in [0.3, 0.4) is 0 Å². The number of hydrogen-bond donors (Lipinski definition) is 0. The smallest absolute Gasteiger partial charge is 0.406 e. The molecule has 7 nitrogen and oxygen atoms in total. The number of ether oxygens (including phenoxy) is 1. The minimum absolute atomic E-state index is 0.0314. The number of nitrogens with zero attached hydrogens (tertiary/aromatic N) is 5. The average Bonchev–Trinajstić information content (AvgIpc) is 2.84. The Labute approximate surface area is 211 Å². The van der Waals surface area contributed by atoms with Gasteiger partial charge in [0, 0.05) is 38.4 Å². The number of rotatable bonds is 6. The molecule has 4 rings (SSSR count). The highest BCUT2D eigenvalue weighted by Crippen LogP contribution is 2.33. The number of benzene rings is 1. The molecule has 11 heteroatoms. The number of fused-ring (bicyclic) bond motifs is 1. The van der Waals surface area contributed by atoms with Gasteiger partial charge in [0.25, 0.3) is 5.56 Å². The Morgan fingerprint density at radius 1 is 1.19 bits per heavy atom. The van der Waals surface area contributed by atoms with Crippen LogP contribution in [-0.2, 0) is 7.05 Å². The molecule has 1 aliphatic rings. The predicted octanol–water partition coefficient (Wildman–Crippen LogP) is 5.24. The summed E-state index contributed by atoms with van der Waals surface area (Å²) < 4.78 is 43.0. The first-order valence-corrected chi connectivity index (χ1v) is 12.0. The Kier molecular flexibility index (Phi) is 7.31. The fraction of sp³-hybridized carbons (Fsp3) is 0.400. The van der Waals surface area contributed by atoms with E-state index in [1.807, 2.05) is 11.8 Å². The van der Waals surface area contributed by atoms with E-state index in [2.05, 4.69) is 20.7 Å². The number of piperidine rings is 1. The third-order valence-electron chi connectivity index (χ3n) is 6.38. The first-order chi connectivity index (χ1) is 17.1. The van der Waals surface area contributed by atoms with Crippen molar-refractivity contribution in [3.8, 4) is 11.8 Å². The number of hydrogen-bond acceptors (Lipinski definition) is 6. The molecule has 1 fully saturated rings. The Bertz CT molecular complexity index is 1340. The van der Waals surface area contributed by atoms with E-state index < -0.39 is 6.36 Å². The van der Waals surface area contributed by atoms with Crippen LogP contribution in [-0.4, -0.2) is 41.6 Å². The maximum atomic E-state index is 12.9. The van der Waals surface area contributed by atoms with Gasteiger partial charge in [-0.3, -0.25) is 4.79 Å². The van der Waals surface area contributed by atoms with Gasteiger partial charge in [0.05, 0.1) is 11.2 Å². The van der Waals surface area contributed by atoms with Crippen molar-refractivity contribution in [3.63, 3.8) is 0 Å². The minimum atomic E-state index is -4.73. The Morgan fingerprint density at radius 2 is 1.86 bits per heavy atom. The normalized spacial score (nSPS) is 14.6. The molecule has 3 heterocycles. The summed E-state index contributed by atoms with van der Waals surface area (Å²) in [6.07, 6.45) is -2.42. The van der Waals surface area contributed by atoms with E-state index in [9.17, 15) is 23.2 Å². The maximum absolute atomic E-state index is 12.9. The van der Waals surface area contributed by atoms with Gasteiger partial charge in [-0.2, -0.15) is 5.26 Å². The summed E-state index contributed by atoms with van der Waals surface area (Å²) in [6, 6.07) is 11.4. The Hall–Kier alpha value is -3.45. The summed E-state index contributed by atoms with van der Waals surface area (Å²) >= 11 is 6.15. The van der Waals surface area contributed by atoms with Crippen LogP contribution in [0, 0.1) is 11.3 Å². The second-order valence-corrected chi connectivity index (χ2v) is 9.04. The zero-order valence-corrected chi connectivity index (χ0v) is 20.6. The van der Waals surface area contributed by atoms with Crippen molar-refractivity contribution in [2.45, 2.75) is 38.6 Å². The van der Waals surface area contributed by atoms with E-state index in [1.54, 1.807) is 31.3 Å². The first-order valence-electron chi connectivity index (χ1n) is 11.6. The van der Waals surface area contributed by atoms with Crippen LogP contribution in [0.15, 0.2) is 41.2 Å². The lowest BCUT2D eigenvalue weighted by atomic mass is 10.00. The van der Waals surface area contributed by atoms with Gasteiger partial charge in [0.15, 0.2) is 0 Å². The van der Waals surface area contributed by atoms with E-state index in [4.69, 9.17) is 11.6 Å². The van der Waals surface area contributed by atoms with Gasteiger partial charge in [-0.1, -0.05) is 18.5 Å². The highest BCUT2D eigenvalue weighted by molar-refractivity contribution is 6.29. The van der Waals surface area contributed by atoms with Crippen LogP contribution in [0.25, 0.3) is 11.0 Å². The summed E-state index contributed by atoms with van der Waals surface area (Å²) in [5, 5.41) is 10.1. The molecule has 0 unspecified atom stereocenters. The molecular formula is C25H25ClF3N5O2. The standard InChI is InChI=1S/C25H25ClF3N5O2/c1-3-12-34(16-4-6-18(7-5-16)36-25(27,28)29)17-10-13-33(14-11-17)23-19(15-30)24(35)32(2)20-8-9-21(26)31-22(20)23/h4-9,17H,3,10-14H2,1-2H3. The lowest BCUT2D eigenvalue weighted by molar-refractivity contribution is -0.274. The highest BCUT2D eigenvalue weighted by Gasteiger charge is 2.32. The number of anilines is 2. The number of nitriles is 1. The van der Waals surface area contributed by atoms with Crippen LogP contribution in [0.2, 0.25) is 5.15 Å². The minimum Gasteiger partial charge on any atom is -0.406 e. The van der Waals surface area contributed by atoms with E-state index in [0.29, 0.717) is 29.8 Å². The highest BCUT2D eigenvalue weighted by atomic mass is 35.5. The van der Waals surface area contributed by atoms with Crippen LogP contribution in [0.5, 0.6) is 5.75 Å². The molecule has 0 amide bonds. The van der Waals surface area contributed by atoms with Crippen molar-refractivity contribution < 1.29 is 17.9 Å². The van der Waals surface area contributed by atoms with Gasteiger partial charge in [-0.25, -0.2) is 4.98 Å². The summed E-state index contributed by atoms with van der Waals surface area (Å²) in [5.41, 5.74) is 2.05. The van der Waals surface area contributed by atoms with Gasteiger partial charge >= 0.3 is 6.36 Å². The Balaban J connectivity index is 1.59. The van der Waals surface area contributed by atoms with Crippen molar-refractivity contribution in [1.29, 1.82) is 5.26 Å². The zero-order chi connectivity index (χ0) is 26.0. The lowest BCUT2D eigenvalue weighted by Gasteiger charge is -2.41. The van der Waals surface area contributed by atoms with Gasteiger partial charge < -0.3 is 19.1 Å². The van der Waals surface area contributed by atoms with Gasteiger partial charge in [-0.05, 0) is 55.7 Å².